The van der Waals surface area contributed by atoms with Crippen LogP contribution in [0.5, 0.6) is 0 Å². The van der Waals surface area contributed by atoms with E-state index in [9.17, 15) is 9.59 Å². The van der Waals surface area contributed by atoms with Crippen LogP contribution in [-0.4, -0.2) is 41.3 Å². The predicted octanol–water partition coefficient (Wildman–Crippen LogP) is 2.12. The molecule has 116 valence electrons. The van der Waals surface area contributed by atoms with E-state index in [-0.39, 0.29) is 17.7 Å². The fourth-order valence-electron chi connectivity index (χ4n) is 2.46. The van der Waals surface area contributed by atoms with Crippen LogP contribution in [-0.2, 0) is 9.59 Å². The number of nitrogens with zero attached hydrogens (tertiary/aromatic N) is 2. The smallest absolute Gasteiger partial charge is 0.232 e. The molecule has 0 aromatic heterocycles. The van der Waals surface area contributed by atoms with Gasteiger partial charge in [-0.15, -0.1) is 11.8 Å². The Labute approximate surface area is 134 Å². The molecule has 22 heavy (non-hydrogen) atoms. The normalized spacial score (nSPS) is 17.6. The second-order valence-electron chi connectivity index (χ2n) is 5.19. The van der Waals surface area contributed by atoms with Crippen molar-refractivity contribution in [3.05, 3.63) is 30.3 Å². The van der Waals surface area contributed by atoms with E-state index in [0.29, 0.717) is 24.6 Å². The van der Waals surface area contributed by atoms with Gasteiger partial charge in [0, 0.05) is 18.8 Å². The predicted molar refractivity (Wildman–Crippen MR) is 87.3 cm³/mol. The molecule has 1 aromatic rings. The van der Waals surface area contributed by atoms with Crippen molar-refractivity contribution in [2.75, 3.05) is 29.9 Å². The summed E-state index contributed by atoms with van der Waals surface area (Å²) in [5.74, 6) is 0.433. The molecule has 0 radical (unpaired) electrons. The summed E-state index contributed by atoms with van der Waals surface area (Å²) in [5.41, 5.74) is 0.778. The number of para-hydroxylation sites is 1. The highest BCUT2D eigenvalue weighted by Crippen LogP contribution is 2.19. The largest absolute Gasteiger partial charge is 0.341 e. The maximum absolute atomic E-state index is 12.3. The van der Waals surface area contributed by atoms with Crippen molar-refractivity contribution in [3.8, 4) is 6.07 Å². The first-order valence-electron chi connectivity index (χ1n) is 7.29. The monoisotopic (exact) mass is 317 g/mol. The van der Waals surface area contributed by atoms with Gasteiger partial charge < -0.3 is 10.2 Å². The molecule has 6 heteroatoms. The highest BCUT2D eigenvalue weighted by Gasteiger charge is 2.28. The SMILES string of the molecule is N#CCSCC(=O)N1CCCC(C(=O)Nc2ccccc2)C1. The van der Waals surface area contributed by atoms with Crippen LogP contribution in [0.15, 0.2) is 30.3 Å². The number of piperidine rings is 1. The maximum Gasteiger partial charge on any atom is 0.232 e. The Morgan fingerprint density at radius 2 is 2.14 bits per heavy atom. The third kappa shape index (κ3) is 4.78. The number of nitriles is 1. The minimum atomic E-state index is -0.168. The number of thioether (sulfide) groups is 1. The van der Waals surface area contributed by atoms with Gasteiger partial charge in [0.15, 0.2) is 0 Å². The number of anilines is 1. The second kappa shape index (κ2) is 8.44. The Hall–Kier alpha value is -2.00. The molecule has 0 spiro atoms. The summed E-state index contributed by atoms with van der Waals surface area (Å²) < 4.78 is 0. The molecule has 0 bridgehead atoms. The Bertz CT molecular complexity index is 556. The van der Waals surface area contributed by atoms with Gasteiger partial charge in [-0.3, -0.25) is 9.59 Å². The summed E-state index contributed by atoms with van der Waals surface area (Å²) in [6.45, 7) is 1.16. The molecule has 1 N–H and O–H groups in total. The van der Waals surface area contributed by atoms with E-state index in [1.54, 1.807) is 4.90 Å². The summed E-state index contributed by atoms with van der Waals surface area (Å²) in [6.07, 6.45) is 1.63. The van der Waals surface area contributed by atoms with Crippen molar-refractivity contribution in [2.45, 2.75) is 12.8 Å². The molecule has 1 atom stereocenters. The van der Waals surface area contributed by atoms with Crippen LogP contribution < -0.4 is 5.32 Å². The lowest BCUT2D eigenvalue weighted by molar-refractivity contribution is -0.132. The van der Waals surface area contributed by atoms with Crippen LogP contribution in [0.25, 0.3) is 0 Å². The van der Waals surface area contributed by atoms with Crippen molar-refractivity contribution >= 4 is 29.3 Å². The Morgan fingerprint density at radius 1 is 1.36 bits per heavy atom. The first kappa shape index (κ1) is 16.4. The molecular formula is C16H19N3O2S. The lowest BCUT2D eigenvalue weighted by Gasteiger charge is -2.32. The number of rotatable bonds is 5. The third-order valence-corrected chi connectivity index (χ3v) is 4.36. The van der Waals surface area contributed by atoms with Gasteiger partial charge in [-0.25, -0.2) is 0 Å². The Morgan fingerprint density at radius 3 is 2.86 bits per heavy atom. The van der Waals surface area contributed by atoms with Gasteiger partial charge in [0.05, 0.1) is 23.5 Å². The summed E-state index contributed by atoms with van der Waals surface area (Å²) in [6, 6.07) is 11.4. The van der Waals surface area contributed by atoms with Gasteiger partial charge in [-0.1, -0.05) is 18.2 Å². The van der Waals surface area contributed by atoms with Crippen molar-refractivity contribution in [3.63, 3.8) is 0 Å². The topological polar surface area (TPSA) is 73.2 Å². The number of benzene rings is 1. The Kier molecular flexibility index (Phi) is 6.28. The quantitative estimate of drug-likeness (QED) is 0.844. The fraction of sp³-hybridized carbons (Fsp3) is 0.438. The standard InChI is InChI=1S/C16H19N3O2S/c17-8-10-22-12-15(20)19-9-4-5-13(11-19)16(21)18-14-6-2-1-3-7-14/h1-3,6-7,13H,4-5,9-12H2,(H,18,21). The van der Waals surface area contributed by atoms with E-state index in [0.717, 1.165) is 18.5 Å². The minimum absolute atomic E-state index is 0.0115. The molecule has 0 saturated carbocycles. The van der Waals surface area contributed by atoms with Crippen LogP contribution in [0.4, 0.5) is 5.69 Å². The zero-order valence-electron chi connectivity index (χ0n) is 12.3. The molecule has 1 heterocycles. The average Bonchev–Trinajstić information content (AvgIpc) is 2.56. The van der Waals surface area contributed by atoms with Crippen LogP contribution >= 0.6 is 11.8 Å². The molecule has 5 nitrogen and oxygen atoms in total. The van der Waals surface area contributed by atoms with Gasteiger partial charge in [-0.05, 0) is 25.0 Å². The summed E-state index contributed by atoms with van der Waals surface area (Å²) in [5, 5.41) is 11.4. The van der Waals surface area contributed by atoms with Gasteiger partial charge >= 0.3 is 0 Å². The van der Waals surface area contributed by atoms with Crippen LogP contribution in [0, 0.1) is 17.2 Å². The van der Waals surface area contributed by atoms with E-state index >= 15 is 0 Å². The number of likely N-dealkylation sites (tertiary alicyclic amines) is 1. The summed E-state index contributed by atoms with van der Waals surface area (Å²) in [4.78, 5) is 26.1. The molecule has 0 aliphatic carbocycles. The van der Waals surface area contributed by atoms with E-state index in [2.05, 4.69) is 5.32 Å². The van der Waals surface area contributed by atoms with Crippen molar-refractivity contribution in [1.29, 1.82) is 5.26 Å². The summed E-state index contributed by atoms with van der Waals surface area (Å²) in [7, 11) is 0. The highest BCUT2D eigenvalue weighted by atomic mass is 32.2. The van der Waals surface area contributed by atoms with Crippen molar-refractivity contribution in [2.24, 2.45) is 5.92 Å². The van der Waals surface area contributed by atoms with E-state index < -0.39 is 0 Å². The average molecular weight is 317 g/mol. The number of carbonyl (C=O) groups is 2. The number of amides is 2. The van der Waals surface area contributed by atoms with Crippen LogP contribution in [0.2, 0.25) is 0 Å². The summed E-state index contributed by atoms with van der Waals surface area (Å²) >= 11 is 1.31. The first-order valence-corrected chi connectivity index (χ1v) is 8.44. The zero-order valence-corrected chi connectivity index (χ0v) is 13.1. The lowest BCUT2D eigenvalue weighted by atomic mass is 9.97. The molecule has 1 saturated heterocycles. The molecule has 1 aromatic carbocycles. The highest BCUT2D eigenvalue weighted by molar-refractivity contribution is 8.00. The van der Waals surface area contributed by atoms with Gasteiger partial charge in [-0.2, -0.15) is 5.26 Å². The molecule has 2 rings (SSSR count). The van der Waals surface area contributed by atoms with Crippen molar-refractivity contribution < 1.29 is 9.59 Å². The molecule has 1 aliphatic rings. The van der Waals surface area contributed by atoms with Gasteiger partial charge in [0.1, 0.15) is 0 Å². The van der Waals surface area contributed by atoms with E-state index in [1.807, 2.05) is 36.4 Å². The van der Waals surface area contributed by atoms with Crippen LogP contribution in [0.1, 0.15) is 12.8 Å². The number of hydrogen-bond acceptors (Lipinski definition) is 4. The molecule has 1 fully saturated rings. The third-order valence-electron chi connectivity index (χ3n) is 3.58. The molecular weight excluding hydrogens is 298 g/mol. The number of carbonyl (C=O) groups excluding carboxylic acids is 2. The first-order chi connectivity index (χ1) is 10.7. The molecule has 2 amide bonds. The maximum atomic E-state index is 12.3. The second-order valence-corrected chi connectivity index (χ2v) is 6.17. The lowest BCUT2D eigenvalue weighted by Crippen LogP contribution is -2.44. The molecule has 1 aliphatic heterocycles. The van der Waals surface area contributed by atoms with E-state index in [4.69, 9.17) is 5.26 Å². The van der Waals surface area contributed by atoms with Crippen molar-refractivity contribution in [1.82, 2.24) is 4.90 Å². The van der Waals surface area contributed by atoms with Gasteiger partial charge in [0.2, 0.25) is 11.8 Å². The number of nitrogens with one attached hydrogen (secondary N) is 1. The number of hydrogen-bond donors (Lipinski definition) is 1. The zero-order chi connectivity index (χ0) is 15.8. The van der Waals surface area contributed by atoms with Crippen LogP contribution in [0.3, 0.4) is 0 Å². The molecule has 1 unspecified atom stereocenters. The fourth-order valence-corrected chi connectivity index (χ4v) is 3.01. The van der Waals surface area contributed by atoms with Gasteiger partial charge in [0.25, 0.3) is 0 Å². The van der Waals surface area contributed by atoms with E-state index in [1.165, 1.54) is 11.8 Å². The Balaban J connectivity index is 1.86. The minimum Gasteiger partial charge on any atom is -0.341 e.